The number of H-pyrrole nitrogens is 1. The molecule has 31 heavy (non-hydrogen) atoms. The minimum absolute atomic E-state index is 0.0390. The SMILES string of the molecule is CCCCc1ccc(NS(=O)(=O)c2cccc(C(=O)OCC(=O)c3ccc[nH]3)c2)cc1. The molecule has 0 unspecified atom stereocenters. The number of aromatic amines is 1. The topological polar surface area (TPSA) is 105 Å². The Balaban J connectivity index is 1.66. The van der Waals surface area contributed by atoms with Crippen LogP contribution in [0.15, 0.2) is 71.8 Å². The summed E-state index contributed by atoms with van der Waals surface area (Å²) in [6.07, 6.45) is 4.70. The predicted octanol–water partition coefficient (Wildman–Crippen LogP) is 4.20. The van der Waals surface area contributed by atoms with Crippen molar-refractivity contribution in [1.29, 1.82) is 0 Å². The number of ketones is 1. The zero-order chi connectivity index (χ0) is 22.3. The molecule has 0 aliphatic rings. The van der Waals surface area contributed by atoms with Crippen LogP contribution in [0.2, 0.25) is 0 Å². The van der Waals surface area contributed by atoms with Crippen LogP contribution in [-0.4, -0.2) is 31.8 Å². The van der Waals surface area contributed by atoms with Gasteiger partial charge in [-0.3, -0.25) is 9.52 Å². The van der Waals surface area contributed by atoms with E-state index in [0.29, 0.717) is 11.4 Å². The first-order chi connectivity index (χ1) is 14.9. The number of esters is 1. The third kappa shape index (κ3) is 6.05. The minimum atomic E-state index is -3.90. The third-order valence-electron chi connectivity index (χ3n) is 4.64. The summed E-state index contributed by atoms with van der Waals surface area (Å²) in [7, 11) is -3.90. The number of unbranched alkanes of at least 4 members (excludes halogenated alkanes) is 1. The van der Waals surface area contributed by atoms with Gasteiger partial charge in [-0.1, -0.05) is 31.5 Å². The molecule has 0 aliphatic carbocycles. The van der Waals surface area contributed by atoms with E-state index in [0.717, 1.165) is 24.8 Å². The normalized spacial score (nSPS) is 11.1. The average molecular weight is 441 g/mol. The van der Waals surface area contributed by atoms with E-state index >= 15 is 0 Å². The number of Topliss-reactive ketones (excluding diaryl/α,β-unsaturated/α-hetero) is 1. The van der Waals surface area contributed by atoms with E-state index in [2.05, 4.69) is 16.6 Å². The zero-order valence-corrected chi connectivity index (χ0v) is 17.9. The number of aryl methyl sites for hydroxylation is 1. The van der Waals surface area contributed by atoms with E-state index in [1.54, 1.807) is 30.5 Å². The average Bonchev–Trinajstić information content (AvgIpc) is 3.32. The summed E-state index contributed by atoms with van der Waals surface area (Å²) in [5, 5.41) is 0. The number of sulfonamides is 1. The number of nitrogens with one attached hydrogen (secondary N) is 2. The fraction of sp³-hybridized carbons (Fsp3) is 0.217. The van der Waals surface area contributed by atoms with E-state index in [9.17, 15) is 18.0 Å². The van der Waals surface area contributed by atoms with Crippen LogP contribution in [0.1, 0.15) is 46.2 Å². The Morgan fingerprint density at radius 1 is 1.03 bits per heavy atom. The van der Waals surface area contributed by atoms with Crippen LogP contribution in [0, 0.1) is 0 Å². The molecule has 3 rings (SSSR count). The number of carbonyl (C=O) groups excluding carboxylic acids is 2. The molecule has 3 aromatic rings. The van der Waals surface area contributed by atoms with E-state index in [1.165, 1.54) is 24.3 Å². The van der Waals surface area contributed by atoms with Gasteiger partial charge in [-0.25, -0.2) is 13.2 Å². The van der Waals surface area contributed by atoms with E-state index < -0.39 is 22.6 Å². The second-order valence-electron chi connectivity index (χ2n) is 7.02. The van der Waals surface area contributed by atoms with Gasteiger partial charge in [-0.15, -0.1) is 0 Å². The first-order valence-corrected chi connectivity index (χ1v) is 11.4. The molecule has 0 fully saturated rings. The van der Waals surface area contributed by atoms with Gasteiger partial charge in [0, 0.05) is 11.9 Å². The highest BCUT2D eigenvalue weighted by molar-refractivity contribution is 7.92. The maximum atomic E-state index is 12.7. The highest BCUT2D eigenvalue weighted by atomic mass is 32.2. The van der Waals surface area contributed by atoms with Crippen LogP contribution in [0.25, 0.3) is 0 Å². The van der Waals surface area contributed by atoms with Gasteiger partial charge in [0.15, 0.2) is 6.61 Å². The second-order valence-corrected chi connectivity index (χ2v) is 8.70. The molecule has 0 atom stereocenters. The van der Waals surface area contributed by atoms with Gasteiger partial charge < -0.3 is 9.72 Å². The van der Waals surface area contributed by atoms with Crippen molar-refractivity contribution in [3.8, 4) is 0 Å². The fourth-order valence-corrected chi connectivity index (χ4v) is 4.02. The van der Waals surface area contributed by atoms with Crippen LogP contribution >= 0.6 is 0 Å². The maximum Gasteiger partial charge on any atom is 0.338 e. The lowest BCUT2D eigenvalue weighted by Gasteiger charge is -2.10. The lowest BCUT2D eigenvalue weighted by molar-refractivity contribution is 0.0473. The molecule has 0 amide bonds. The van der Waals surface area contributed by atoms with Gasteiger partial charge in [0.2, 0.25) is 5.78 Å². The van der Waals surface area contributed by atoms with Gasteiger partial charge in [0.25, 0.3) is 10.0 Å². The molecule has 2 N–H and O–H groups in total. The monoisotopic (exact) mass is 440 g/mol. The van der Waals surface area contributed by atoms with Crippen molar-refractivity contribution in [3.63, 3.8) is 0 Å². The number of hydrogen-bond acceptors (Lipinski definition) is 5. The molecule has 0 radical (unpaired) electrons. The number of benzene rings is 2. The number of anilines is 1. The molecule has 0 bridgehead atoms. The summed E-state index contributed by atoms with van der Waals surface area (Å²) in [6, 6.07) is 15.9. The Bertz CT molecular complexity index is 1140. The van der Waals surface area contributed by atoms with Gasteiger partial charge in [0.05, 0.1) is 16.2 Å². The molecular formula is C23H24N2O5S. The molecule has 1 heterocycles. The summed E-state index contributed by atoms with van der Waals surface area (Å²) in [5.74, 6) is -1.16. The first kappa shape index (κ1) is 22.3. The largest absolute Gasteiger partial charge is 0.454 e. The molecule has 2 aromatic carbocycles. The van der Waals surface area contributed by atoms with E-state index in [-0.39, 0.29) is 16.2 Å². The van der Waals surface area contributed by atoms with Crippen molar-refractivity contribution in [2.75, 3.05) is 11.3 Å². The Hall–Kier alpha value is -3.39. The van der Waals surface area contributed by atoms with Gasteiger partial charge in [0.1, 0.15) is 0 Å². The van der Waals surface area contributed by atoms with Crippen molar-refractivity contribution >= 4 is 27.5 Å². The summed E-state index contributed by atoms with van der Waals surface area (Å²) in [5.41, 5.74) is 1.94. The zero-order valence-electron chi connectivity index (χ0n) is 17.1. The van der Waals surface area contributed by atoms with Crippen LogP contribution in [0.3, 0.4) is 0 Å². The quantitative estimate of drug-likeness (QED) is 0.363. The summed E-state index contributed by atoms with van der Waals surface area (Å²) in [4.78, 5) is 26.9. The number of hydrogen-bond donors (Lipinski definition) is 2. The van der Waals surface area contributed by atoms with Crippen LogP contribution in [0.4, 0.5) is 5.69 Å². The van der Waals surface area contributed by atoms with Crippen molar-refractivity contribution in [3.05, 3.63) is 83.7 Å². The van der Waals surface area contributed by atoms with E-state index in [4.69, 9.17) is 4.74 Å². The third-order valence-corrected chi connectivity index (χ3v) is 6.02. The molecule has 7 nitrogen and oxygen atoms in total. The molecule has 0 aliphatic heterocycles. The number of aromatic nitrogens is 1. The molecular weight excluding hydrogens is 416 g/mol. The van der Waals surface area contributed by atoms with Crippen LogP contribution in [-0.2, 0) is 21.2 Å². The highest BCUT2D eigenvalue weighted by Gasteiger charge is 2.18. The molecule has 1 aromatic heterocycles. The fourth-order valence-electron chi connectivity index (χ4n) is 2.92. The predicted molar refractivity (Wildman–Crippen MR) is 118 cm³/mol. The van der Waals surface area contributed by atoms with Gasteiger partial charge >= 0.3 is 5.97 Å². The van der Waals surface area contributed by atoms with Crippen molar-refractivity contribution in [2.24, 2.45) is 0 Å². The van der Waals surface area contributed by atoms with Crippen LogP contribution < -0.4 is 4.72 Å². The first-order valence-electron chi connectivity index (χ1n) is 9.94. The molecule has 162 valence electrons. The summed E-state index contributed by atoms with van der Waals surface area (Å²) >= 11 is 0. The molecule has 0 saturated heterocycles. The van der Waals surface area contributed by atoms with Crippen molar-refractivity contribution in [2.45, 2.75) is 31.1 Å². The summed E-state index contributed by atoms with van der Waals surface area (Å²) in [6.45, 7) is 1.67. The number of ether oxygens (including phenoxy) is 1. The molecule has 8 heteroatoms. The second kappa shape index (κ2) is 10.1. The molecule has 0 spiro atoms. The van der Waals surface area contributed by atoms with Gasteiger partial charge in [-0.05, 0) is 60.9 Å². The maximum absolute atomic E-state index is 12.7. The Labute approximate surface area is 181 Å². The van der Waals surface area contributed by atoms with Crippen LogP contribution in [0.5, 0.6) is 0 Å². The van der Waals surface area contributed by atoms with E-state index in [1.807, 2.05) is 12.1 Å². The summed E-state index contributed by atoms with van der Waals surface area (Å²) < 4.78 is 33.0. The molecule has 0 saturated carbocycles. The standard InChI is InChI=1S/C23H24N2O5S/c1-2-3-6-17-10-12-19(13-11-17)25-31(28,29)20-8-4-7-18(15-20)23(27)30-16-22(26)21-9-5-14-24-21/h4-5,7-15,24-25H,2-3,6,16H2,1H3. The lowest BCUT2D eigenvalue weighted by atomic mass is 10.1. The number of rotatable bonds is 10. The number of carbonyl (C=O) groups is 2. The Morgan fingerprint density at radius 2 is 1.81 bits per heavy atom. The minimum Gasteiger partial charge on any atom is -0.454 e. The smallest absolute Gasteiger partial charge is 0.338 e. The Kier molecular flexibility index (Phi) is 7.25. The van der Waals surface area contributed by atoms with Crippen molar-refractivity contribution in [1.82, 2.24) is 4.98 Å². The lowest BCUT2D eigenvalue weighted by Crippen LogP contribution is -2.16. The van der Waals surface area contributed by atoms with Crippen molar-refractivity contribution < 1.29 is 22.7 Å². The highest BCUT2D eigenvalue weighted by Crippen LogP contribution is 2.19. The Morgan fingerprint density at radius 3 is 2.48 bits per heavy atom. The van der Waals surface area contributed by atoms with Gasteiger partial charge in [-0.2, -0.15) is 0 Å².